The summed E-state index contributed by atoms with van der Waals surface area (Å²) in [5, 5.41) is 2.80. The van der Waals surface area contributed by atoms with E-state index in [0.717, 1.165) is 22.3 Å². The van der Waals surface area contributed by atoms with Gasteiger partial charge in [-0.05, 0) is 41.3 Å². The smallest absolute Gasteiger partial charge is 0.407 e. The Balaban J connectivity index is 1.19. The first kappa shape index (κ1) is 21.4. The average molecular weight is 456 g/mol. The van der Waals surface area contributed by atoms with Crippen molar-refractivity contribution in [3.05, 3.63) is 95.1 Å². The minimum Gasteiger partial charge on any atom is -0.449 e. The number of ether oxygens (including phenoxy) is 1. The molecule has 0 bridgehead atoms. The zero-order valence-electron chi connectivity index (χ0n) is 18.2. The molecule has 3 aromatic rings. The number of benzene rings is 3. The summed E-state index contributed by atoms with van der Waals surface area (Å²) >= 11 is 0. The SMILES string of the molecule is C[C@@H](NC(=O)OCC1c2ccccc2-c2ccccc21)C(=O)ON1C(=O)c2ccccc2C1=O. The van der Waals surface area contributed by atoms with Gasteiger partial charge in [-0.1, -0.05) is 65.7 Å². The van der Waals surface area contributed by atoms with Gasteiger partial charge in [0.1, 0.15) is 12.6 Å². The van der Waals surface area contributed by atoms with Crippen LogP contribution in [-0.4, -0.2) is 41.6 Å². The van der Waals surface area contributed by atoms with Crippen LogP contribution in [0.4, 0.5) is 4.79 Å². The predicted molar refractivity (Wildman–Crippen MR) is 121 cm³/mol. The third-order valence-electron chi connectivity index (χ3n) is 5.97. The van der Waals surface area contributed by atoms with Crippen LogP contribution in [0.5, 0.6) is 0 Å². The van der Waals surface area contributed by atoms with E-state index in [1.165, 1.54) is 19.1 Å². The molecule has 2 aliphatic rings. The van der Waals surface area contributed by atoms with Gasteiger partial charge in [-0.25, -0.2) is 9.59 Å². The molecule has 1 aliphatic carbocycles. The van der Waals surface area contributed by atoms with Crippen molar-refractivity contribution in [2.45, 2.75) is 18.9 Å². The van der Waals surface area contributed by atoms with Crippen molar-refractivity contribution >= 4 is 23.9 Å². The fourth-order valence-electron chi connectivity index (χ4n) is 4.29. The van der Waals surface area contributed by atoms with Crippen LogP contribution in [0.1, 0.15) is 44.7 Å². The van der Waals surface area contributed by atoms with Crippen molar-refractivity contribution in [2.75, 3.05) is 6.61 Å². The molecule has 8 nitrogen and oxygen atoms in total. The number of nitrogens with one attached hydrogen (secondary N) is 1. The average Bonchev–Trinajstić information content (AvgIpc) is 3.30. The van der Waals surface area contributed by atoms with Gasteiger partial charge >= 0.3 is 12.1 Å². The molecule has 3 aromatic carbocycles. The van der Waals surface area contributed by atoms with Crippen molar-refractivity contribution in [1.29, 1.82) is 0 Å². The van der Waals surface area contributed by atoms with Crippen molar-refractivity contribution < 1.29 is 28.8 Å². The molecule has 0 aromatic heterocycles. The first-order chi connectivity index (χ1) is 16.5. The van der Waals surface area contributed by atoms with E-state index in [4.69, 9.17) is 9.57 Å². The summed E-state index contributed by atoms with van der Waals surface area (Å²) in [5.74, 6) is -2.56. The highest BCUT2D eigenvalue weighted by atomic mass is 16.7. The first-order valence-electron chi connectivity index (χ1n) is 10.8. The number of imide groups is 1. The summed E-state index contributed by atoms with van der Waals surface area (Å²) in [7, 11) is 0. The normalized spacial score (nSPS) is 14.8. The molecule has 5 rings (SSSR count). The molecule has 1 heterocycles. The van der Waals surface area contributed by atoms with E-state index in [-0.39, 0.29) is 23.7 Å². The Kier molecular flexibility index (Phi) is 5.33. The number of hydrogen-bond donors (Lipinski definition) is 1. The molecule has 0 spiro atoms. The quantitative estimate of drug-likeness (QED) is 0.588. The molecular formula is C26H20N2O6. The minimum atomic E-state index is -1.15. The lowest BCUT2D eigenvalue weighted by Gasteiger charge is -2.18. The standard InChI is InChI=1S/C26H20N2O6/c1-15(25(31)34-28-23(29)20-12-6-7-13-21(20)24(28)30)27-26(32)33-14-22-18-10-4-2-8-16(18)17-9-3-5-11-19(17)22/h2-13,15,22H,14H2,1H3,(H,27,32)/t15-/m1/s1. The second kappa shape index (κ2) is 8.47. The maximum Gasteiger partial charge on any atom is 0.407 e. The molecule has 1 aliphatic heterocycles. The largest absolute Gasteiger partial charge is 0.449 e. The number of carbonyl (C=O) groups is 4. The van der Waals surface area contributed by atoms with Crippen LogP contribution < -0.4 is 5.32 Å². The van der Waals surface area contributed by atoms with E-state index >= 15 is 0 Å². The molecule has 170 valence electrons. The summed E-state index contributed by atoms with van der Waals surface area (Å²) in [6.45, 7) is 1.46. The number of fused-ring (bicyclic) bond motifs is 4. The fraction of sp³-hybridized carbons (Fsp3) is 0.154. The van der Waals surface area contributed by atoms with E-state index < -0.39 is 29.9 Å². The molecule has 0 fully saturated rings. The van der Waals surface area contributed by atoms with Gasteiger partial charge in [0.2, 0.25) is 0 Å². The number of hydrogen-bond acceptors (Lipinski definition) is 6. The Bertz CT molecular complexity index is 1250. The van der Waals surface area contributed by atoms with Crippen LogP contribution in [0.15, 0.2) is 72.8 Å². The van der Waals surface area contributed by atoms with Crippen LogP contribution in [0, 0.1) is 0 Å². The molecule has 3 amide bonds. The summed E-state index contributed by atoms with van der Waals surface area (Å²) in [4.78, 5) is 54.5. The maximum absolute atomic E-state index is 12.4. The number of alkyl carbamates (subject to hydrolysis) is 1. The van der Waals surface area contributed by atoms with Crippen LogP contribution in [0.3, 0.4) is 0 Å². The lowest BCUT2D eigenvalue weighted by Crippen LogP contribution is -2.44. The first-order valence-corrected chi connectivity index (χ1v) is 10.8. The lowest BCUT2D eigenvalue weighted by molar-refractivity contribution is -0.170. The Morgan fingerprint density at radius 1 is 0.824 bits per heavy atom. The lowest BCUT2D eigenvalue weighted by atomic mass is 9.98. The zero-order valence-corrected chi connectivity index (χ0v) is 18.2. The highest BCUT2D eigenvalue weighted by Crippen LogP contribution is 2.44. The molecule has 0 saturated heterocycles. The predicted octanol–water partition coefficient (Wildman–Crippen LogP) is 3.67. The third kappa shape index (κ3) is 3.59. The Morgan fingerprint density at radius 2 is 1.29 bits per heavy atom. The second-order valence-electron chi connectivity index (χ2n) is 8.05. The van der Waals surface area contributed by atoms with E-state index in [1.807, 2.05) is 48.5 Å². The third-order valence-corrected chi connectivity index (χ3v) is 5.97. The van der Waals surface area contributed by atoms with Gasteiger partial charge in [0.05, 0.1) is 11.1 Å². The van der Waals surface area contributed by atoms with Gasteiger partial charge in [0, 0.05) is 5.92 Å². The number of nitrogens with zero attached hydrogens (tertiary/aromatic N) is 1. The number of amides is 3. The van der Waals surface area contributed by atoms with Crippen molar-refractivity contribution in [2.24, 2.45) is 0 Å². The maximum atomic E-state index is 12.4. The molecule has 34 heavy (non-hydrogen) atoms. The van der Waals surface area contributed by atoms with Gasteiger partial charge < -0.3 is 14.9 Å². The topological polar surface area (TPSA) is 102 Å². The molecule has 8 heteroatoms. The van der Waals surface area contributed by atoms with Gasteiger partial charge in [0.25, 0.3) is 11.8 Å². The summed E-state index contributed by atoms with van der Waals surface area (Å²) in [6.07, 6.45) is -0.811. The summed E-state index contributed by atoms with van der Waals surface area (Å²) < 4.78 is 5.42. The second-order valence-corrected chi connectivity index (χ2v) is 8.05. The number of rotatable bonds is 5. The number of hydroxylamine groups is 2. The van der Waals surface area contributed by atoms with E-state index in [2.05, 4.69) is 5.32 Å². The monoisotopic (exact) mass is 456 g/mol. The van der Waals surface area contributed by atoms with Crippen molar-refractivity contribution in [1.82, 2.24) is 10.4 Å². The van der Waals surface area contributed by atoms with Gasteiger partial charge in [-0.3, -0.25) is 9.59 Å². The molecule has 1 atom stereocenters. The molecule has 0 unspecified atom stereocenters. The molecule has 0 saturated carbocycles. The van der Waals surface area contributed by atoms with E-state index in [0.29, 0.717) is 5.06 Å². The Hall–Kier alpha value is -4.46. The molecule has 0 radical (unpaired) electrons. The summed E-state index contributed by atoms with van der Waals surface area (Å²) in [5.41, 5.74) is 4.63. The summed E-state index contributed by atoms with van der Waals surface area (Å²) in [6, 6.07) is 20.9. The highest BCUT2D eigenvalue weighted by Gasteiger charge is 2.39. The van der Waals surface area contributed by atoms with Crippen LogP contribution >= 0.6 is 0 Å². The van der Waals surface area contributed by atoms with Crippen LogP contribution in [0.25, 0.3) is 11.1 Å². The van der Waals surface area contributed by atoms with Crippen LogP contribution in [0.2, 0.25) is 0 Å². The fourth-order valence-corrected chi connectivity index (χ4v) is 4.29. The van der Waals surface area contributed by atoms with Gasteiger partial charge in [-0.15, -0.1) is 0 Å². The van der Waals surface area contributed by atoms with Crippen molar-refractivity contribution in [3.8, 4) is 11.1 Å². The van der Waals surface area contributed by atoms with Crippen LogP contribution in [-0.2, 0) is 14.4 Å². The molecule has 1 N–H and O–H groups in total. The Labute approximate surface area is 195 Å². The highest BCUT2D eigenvalue weighted by molar-refractivity contribution is 6.20. The zero-order chi connectivity index (χ0) is 23.8. The minimum absolute atomic E-state index is 0.0834. The van der Waals surface area contributed by atoms with E-state index in [9.17, 15) is 19.2 Å². The Morgan fingerprint density at radius 3 is 1.82 bits per heavy atom. The van der Waals surface area contributed by atoms with E-state index in [1.54, 1.807) is 12.1 Å². The van der Waals surface area contributed by atoms with Crippen molar-refractivity contribution in [3.63, 3.8) is 0 Å². The van der Waals surface area contributed by atoms with Gasteiger partial charge in [0.15, 0.2) is 0 Å². The van der Waals surface area contributed by atoms with Gasteiger partial charge in [-0.2, -0.15) is 0 Å². The molecular weight excluding hydrogens is 436 g/mol. The number of carbonyl (C=O) groups excluding carboxylic acids is 4.